The Bertz CT molecular complexity index is 785. The quantitative estimate of drug-likeness (QED) is 0.710. The molecule has 1 heterocycles. The van der Waals surface area contributed by atoms with Gasteiger partial charge < -0.3 is 4.90 Å². The Balaban J connectivity index is 1.63. The third-order valence-corrected chi connectivity index (χ3v) is 5.95. The Morgan fingerprint density at radius 3 is 2.56 bits per heavy atom. The Kier molecular flexibility index (Phi) is 6.14. The van der Waals surface area contributed by atoms with Crippen molar-refractivity contribution in [2.75, 3.05) is 11.9 Å². The molecule has 0 bridgehead atoms. The fourth-order valence-electron chi connectivity index (χ4n) is 3.48. The van der Waals surface area contributed by atoms with Gasteiger partial charge in [-0.15, -0.1) is 10.2 Å². The molecule has 0 N–H and O–H groups in total. The Morgan fingerprint density at radius 1 is 1.15 bits per heavy atom. The van der Waals surface area contributed by atoms with Gasteiger partial charge in [-0.2, -0.15) is 13.2 Å². The van der Waals surface area contributed by atoms with Gasteiger partial charge in [-0.1, -0.05) is 48.8 Å². The zero-order valence-electron chi connectivity index (χ0n) is 15.1. The minimum Gasteiger partial charge on any atom is -0.347 e. The van der Waals surface area contributed by atoms with Gasteiger partial charge in [0.05, 0.1) is 12.0 Å². The van der Waals surface area contributed by atoms with Crippen LogP contribution in [-0.4, -0.2) is 29.1 Å². The fourth-order valence-corrected chi connectivity index (χ4v) is 4.38. The van der Waals surface area contributed by atoms with Crippen LogP contribution < -0.4 is 4.90 Å². The average molecular weight is 397 g/mol. The number of benzene rings is 1. The molecule has 3 rings (SSSR count). The molecule has 1 aliphatic rings. The molecule has 0 spiro atoms. The lowest BCUT2D eigenvalue weighted by molar-refractivity contribution is -0.138. The number of aromatic nitrogens is 2. The highest BCUT2D eigenvalue weighted by Crippen LogP contribution is 2.32. The molecule has 0 atom stereocenters. The highest BCUT2D eigenvalue weighted by molar-refractivity contribution is 7.15. The van der Waals surface area contributed by atoms with Crippen LogP contribution in [0.4, 0.5) is 18.3 Å². The van der Waals surface area contributed by atoms with Gasteiger partial charge in [0.25, 0.3) is 0 Å². The number of halogens is 3. The maximum Gasteiger partial charge on any atom is 0.416 e. The van der Waals surface area contributed by atoms with E-state index in [-0.39, 0.29) is 24.2 Å². The van der Waals surface area contributed by atoms with Crippen molar-refractivity contribution in [3.8, 4) is 0 Å². The first kappa shape index (κ1) is 19.8. The molecule has 0 saturated heterocycles. The SMILES string of the molecule is CN(c1nnc(CC(=O)Cc2ccccc2C(F)(F)F)s1)C1CCCCC1. The number of Topliss-reactive ketones (excluding diaryl/α,β-unsaturated/α-hetero) is 1. The van der Waals surface area contributed by atoms with Gasteiger partial charge in [-0.25, -0.2) is 0 Å². The predicted octanol–water partition coefficient (Wildman–Crippen LogP) is 4.68. The second-order valence-corrected chi connectivity index (χ2v) is 7.97. The largest absolute Gasteiger partial charge is 0.416 e. The number of carbonyl (C=O) groups is 1. The molecule has 146 valence electrons. The van der Waals surface area contributed by atoms with Gasteiger partial charge in [-0.3, -0.25) is 4.79 Å². The molecule has 1 saturated carbocycles. The molecule has 0 aliphatic heterocycles. The van der Waals surface area contributed by atoms with Crippen LogP contribution in [0, 0.1) is 0 Å². The smallest absolute Gasteiger partial charge is 0.347 e. The number of hydrogen-bond acceptors (Lipinski definition) is 5. The van der Waals surface area contributed by atoms with Crippen LogP contribution in [0.5, 0.6) is 0 Å². The van der Waals surface area contributed by atoms with E-state index in [0.29, 0.717) is 11.0 Å². The number of carbonyl (C=O) groups excluding carboxylic acids is 1. The van der Waals surface area contributed by atoms with Crippen LogP contribution in [0.2, 0.25) is 0 Å². The van der Waals surface area contributed by atoms with Crippen molar-refractivity contribution in [2.24, 2.45) is 0 Å². The molecule has 0 unspecified atom stereocenters. The molecule has 4 nitrogen and oxygen atoms in total. The maximum atomic E-state index is 13.1. The molecule has 1 aliphatic carbocycles. The van der Waals surface area contributed by atoms with Gasteiger partial charge in [0, 0.05) is 19.5 Å². The van der Waals surface area contributed by atoms with Crippen LogP contribution in [-0.2, 0) is 23.8 Å². The number of anilines is 1. The first-order chi connectivity index (χ1) is 12.8. The third kappa shape index (κ3) is 5.06. The molecule has 0 radical (unpaired) electrons. The zero-order chi connectivity index (χ0) is 19.4. The molecule has 2 aromatic rings. The second kappa shape index (κ2) is 8.37. The lowest BCUT2D eigenvalue weighted by Gasteiger charge is -2.30. The summed E-state index contributed by atoms with van der Waals surface area (Å²) in [5.41, 5.74) is -0.757. The summed E-state index contributed by atoms with van der Waals surface area (Å²) < 4.78 is 39.2. The first-order valence-electron chi connectivity index (χ1n) is 9.06. The zero-order valence-corrected chi connectivity index (χ0v) is 15.9. The second-order valence-electron chi connectivity index (χ2n) is 6.93. The van der Waals surface area contributed by atoms with Crippen molar-refractivity contribution in [3.05, 3.63) is 40.4 Å². The molecule has 0 amide bonds. The fraction of sp³-hybridized carbons (Fsp3) is 0.526. The van der Waals surface area contributed by atoms with Crippen LogP contribution in [0.1, 0.15) is 48.2 Å². The van der Waals surface area contributed by atoms with Crippen molar-refractivity contribution >= 4 is 22.3 Å². The van der Waals surface area contributed by atoms with E-state index in [1.807, 2.05) is 7.05 Å². The van der Waals surface area contributed by atoms with E-state index in [1.165, 1.54) is 48.8 Å². The minimum atomic E-state index is -4.46. The maximum absolute atomic E-state index is 13.1. The minimum absolute atomic E-state index is 0.000868. The van der Waals surface area contributed by atoms with Gasteiger partial charge in [0.2, 0.25) is 5.13 Å². The monoisotopic (exact) mass is 397 g/mol. The standard InChI is InChI=1S/C19H22F3N3OS/c1-25(14-8-3-2-4-9-14)18-24-23-17(27-18)12-15(26)11-13-7-5-6-10-16(13)19(20,21)22/h5-7,10,14H,2-4,8-9,11-12H2,1H3. The molecular formula is C19H22F3N3OS. The lowest BCUT2D eigenvalue weighted by atomic mass is 9.95. The molecule has 27 heavy (non-hydrogen) atoms. The van der Waals surface area contributed by atoms with Gasteiger partial charge in [0.15, 0.2) is 0 Å². The Labute approximate surface area is 160 Å². The summed E-state index contributed by atoms with van der Waals surface area (Å²) in [6, 6.07) is 5.64. The summed E-state index contributed by atoms with van der Waals surface area (Å²) in [5, 5.41) is 9.55. The van der Waals surface area contributed by atoms with Gasteiger partial charge in [-0.05, 0) is 24.5 Å². The average Bonchev–Trinajstić information content (AvgIpc) is 3.09. The summed E-state index contributed by atoms with van der Waals surface area (Å²) in [6.45, 7) is 0. The summed E-state index contributed by atoms with van der Waals surface area (Å²) in [4.78, 5) is 14.4. The Morgan fingerprint density at radius 2 is 1.85 bits per heavy atom. The van der Waals surface area contributed by atoms with Crippen molar-refractivity contribution in [3.63, 3.8) is 0 Å². The van der Waals surface area contributed by atoms with Crippen molar-refractivity contribution in [1.82, 2.24) is 10.2 Å². The summed E-state index contributed by atoms with van der Waals surface area (Å²) in [6.07, 6.45) is 1.20. The highest BCUT2D eigenvalue weighted by Gasteiger charge is 2.33. The normalized spacial score (nSPS) is 15.7. The van der Waals surface area contributed by atoms with E-state index in [0.717, 1.165) is 24.0 Å². The highest BCUT2D eigenvalue weighted by atomic mass is 32.1. The van der Waals surface area contributed by atoms with Crippen molar-refractivity contribution in [1.29, 1.82) is 0 Å². The van der Waals surface area contributed by atoms with E-state index in [9.17, 15) is 18.0 Å². The van der Waals surface area contributed by atoms with Crippen LogP contribution >= 0.6 is 11.3 Å². The topological polar surface area (TPSA) is 46.1 Å². The third-order valence-electron chi connectivity index (χ3n) is 4.94. The number of ketones is 1. The first-order valence-corrected chi connectivity index (χ1v) is 9.88. The van der Waals surface area contributed by atoms with Crippen LogP contribution in [0.15, 0.2) is 24.3 Å². The molecular weight excluding hydrogens is 375 g/mol. The summed E-state index contributed by atoms with van der Waals surface area (Å²) in [7, 11) is 1.99. The predicted molar refractivity (Wildman–Crippen MR) is 99.0 cm³/mol. The summed E-state index contributed by atoms with van der Waals surface area (Å²) >= 11 is 1.34. The van der Waals surface area contributed by atoms with E-state index in [2.05, 4.69) is 15.1 Å². The van der Waals surface area contributed by atoms with E-state index in [1.54, 1.807) is 0 Å². The van der Waals surface area contributed by atoms with Crippen molar-refractivity contribution in [2.45, 2.75) is 57.2 Å². The number of alkyl halides is 3. The van der Waals surface area contributed by atoms with Crippen molar-refractivity contribution < 1.29 is 18.0 Å². The van der Waals surface area contributed by atoms with E-state index >= 15 is 0 Å². The van der Waals surface area contributed by atoms with Crippen LogP contribution in [0.3, 0.4) is 0 Å². The number of hydrogen-bond donors (Lipinski definition) is 0. The van der Waals surface area contributed by atoms with Gasteiger partial charge in [0.1, 0.15) is 10.8 Å². The summed E-state index contributed by atoms with van der Waals surface area (Å²) in [5.74, 6) is -0.297. The van der Waals surface area contributed by atoms with Gasteiger partial charge >= 0.3 is 6.18 Å². The van der Waals surface area contributed by atoms with E-state index in [4.69, 9.17) is 0 Å². The molecule has 1 fully saturated rings. The molecule has 8 heteroatoms. The number of nitrogens with zero attached hydrogens (tertiary/aromatic N) is 3. The van der Waals surface area contributed by atoms with Crippen LogP contribution in [0.25, 0.3) is 0 Å². The Hall–Kier alpha value is -1.96. The van der Waals surface area contributed by atoms with E-state index < -0.39 is 11.7 Å². The lowest BCUT2D eigenvalue weighted by Crippen LogP contribution is -2.33. The number of rotatable bonds is 6. The molecule has 1 aromatic carbocycles. The molecule has 1 aromatic heterocycles.